The van der Waals surface area contributed by atoms with E-state index in [-0.39, 0.29) is 11.4 Å². The van der Waals surface area contributed by atoms with E-state index in [2.05, 4.69) is 21.2 Å². The molecule has 2 aromatic rings. The molecule has 0 aliphatic heterocycles. The molecule has 0 aliphatic rings. The molecule has 0 atom stereocenters. The van der Waals surface area contributed by atoms with Crippen molar-refractivity contribution in [2.24, 2.45) is 0 Å². The maximum Gasteiger partial charge on any atom is 0.151 e. The molecule has 0 aromatic heterocycles. The number of nitrogens with two attached hydrogens (primary N) is 1. The Labute approximate surface area is 117 Å². The van der Waals surface area contributed by atoms with E-state index in [9.17, 15) is 8.78 Å². The predicted octanol–water partition coefficient (Wildman–Crippen LogP) is 4.06. The van der Waals surface area contributed by atoms with Crippen LogP contribution in [0.25, 0.3) is 0 Å². The van der Waals surface area contributed by atoms with Crippen LogP contribution in [0.4, 0.5) is 25.8 Å². The zero-order valence-electron chi connectivity index (χ0n) is 10.0. The topological polar surface area (TPSA) is 47.3 Å². The molecule has 2 rings (SSSR count). The first-order valence-electron chi connectivity index (χ1n) is 5.36. The summed E-state index contributed by atoms with van der Waals surface area (Å²) in [5.74, 6) is -0.980. The second-order valence-electron chi connectivity index (χ2n) is 3.82. The Kier molecular flexibility index (Phi) is 3.90. The molecule has 0 fully saturated rings. The van der Waals surface area contributed by atoms with E-state index >= 15 is 0 Å². The van der Waals surface area contributed by atoms with Crippen molar-refractivity contribution in [3.8, 4) is 5.75 Å². The largest absolute Gasteiger partial charge is 0.495 e. The summed E-state index contributed by atoms with van der Waals surface area (Å²) in [6.07, 6.45) is 0. The SMILES string of the molecule is COc1ccc(Br)cc1Nc1cc(F)cc(F)c1N. The molecule has 100 valence electrons. The van der Waals surface area contributed by atoms with Gasteiger partial charge in [0.15, 0.2) is 5.82 Å². The summed E-state index contributed by atoms with van der Waals surface area (Å²) < 4.78 is 32.5. The number of hydrogen-bond donors (Lipinski definition) is 2. The Balaban J connectivity index is 2.44. The lowest BCUT2D eigenvalue weighted by molar-refractivity contribution is 0.416. The van der Waals surface area contributed by atoms with Crippen LogP contribution in [0.2, 0.25) is 0 Å². The van der Waals surface area contributed by atoms with Gasteiger partial charge in [0, 0.05) is 10.5 Å². The second-order valence-corrected chi connectivity index (χ2v) is 4.73. The van der Waals surface area contributed by atoms with Crippen LogP contribution in [-0.4, -0.2) is 7.11 Å². The van der Waals surface area contributed by atoms with Gasteiger partial charge in [-0.05, 0) is 24.3 Å². The molecule has 0 heterocycles. The molecule has 3 N–H and O–H groups in total. The van der Waals surface area contributed by atoms with Gasteiger partial charge in [-0.2, -0.15) is 0 Å². The molecule has 0 amide bonds. The van der Waals surface area contributed by atoms with Crippen molar-refractivity contribution in [3.05, 3.63) is 46.4 Å². The Morgan fingerprint density at radius 2 is 1.89 bits per heavy atom. The third-order valence-electron chi connectivity index (χ3n) is 2.53. The van der Waals surface area contributed by atoms with Crippen molar-refractivity contribution in [2.45, 2.75) is 0 Å². The van der Waals surface area contributed by atoms with Gasteiger partial charge in [-0.3, -0.25) is 0 Å². The standard InChI is InChI=1S/C13H11BrF2N2O/c1-19-12-3-2-7(14)4-10(12)18-11-6-8(15)5-9(16)13(11)17/h2-6,18H,17H2,1H3. The molecule has 0 spiro atoms. The first-order chi connectivity index (χ1) is 9.01. The van der Waals surface area contributed by atoms with Crippen LogP contribution < -0.4 is 15.8 Å². The summed E-state index contributed by atoms with van der Waals surface area (Å²) in [6, 6.07) is 7.09. The summed E-state index contributed by atoms with van der Waals surface area (Å²) in [7, 11) is 1.50. The van der Waals surface area contributed by atoms with E-state index in [1.807, 2.05) is 0 Å². The number of nitrogens with one attached hydrogen (secondary N) is 1. The lowest BCUT2D eigenvalue weighted by Gasteiger charge is -2.13. The van der Waals surface area contributed by atoms with Crippen LogP contribution in [0.15, 0.2) is 34.8 Å². The molecule has 0 bridgehead atoms. The van der Waals surface area contributed by atoms with Crippen molar-refractivity contribution < 1.29 is 13.5 Å². The fourth-order valence-electron chi connectivity index (χ4n) is 1.61. The van der Waals surface area contributed by atoms with E-state index < -0.39 is 11.6 Å². The third-order valence-corrected chi connectivity index (χ3v) is 3.02. The van der Waals surface area contributed by atoms with Gasteiger partial charge in [-0.1, -0.05) is 15.9 Å². The van der Waals surface area contributed by atoms with Gasteiger partial charge in [0.2, 0.25) is 0 Å². The highest BCUT2D eigenvalue weighted by atomic mass is 79.9. The number of nitrogen functional groups attached to an aromatic ring is 1. The molecule has 0 aliphatic carbocycles. The van der Waals surface area contributed by atoms with E-state index in [1.165, 1.54) is 7.11 Å². The van der Waals surface area contributed by atoms with Gasteiger partial charge >= 0.3 is 0 Å². The van der Waals surface area contributed by atoms with Crippen LogP contribution in [0.1, 0.15) is 0 Å². The fourth-order valence-corrected chi connectivity index (χ4v) is 1.97. The minimum Gasteiger partial charge on any atom is -0.495 e. The first kappa shape index (κ1) is 13.6. The molecule has 0 saturated carbocycles. The predicted molar refractivity (Wildman–Crippen MR) is 74.7 cm³/mol. The normalized spacial score (nSPS) is 10.3. The lowest BCUT2D eigenvalue weighted by atomic mass is 10.2. The molecule has 19 heavy (non-hydrogen) atoms. The average molecular weight is 329 g/mol. The number of hydrogen-bond acceptors (Lipinski definition) is 3. The first-order valence-corrected chi connectivity index (χ1v) is 6.15. The van der Waals surface area contributed by atoms with Gasteiger partial charge in [-0.25, -0.2) is 8.78 Å². The molecule has 0 radical (unpaired) electrons. The average Bonchev–Trinajstić information content (AvgIpc) is 2.35. The maximum atomic E-state index is 13.4. The number of anilines is 3. The summed E-state index contributed by atoms with van der Waals surface area (Å²) in [5, 5.41) is 2.85. The number of halogens is 3. The zero-order valence-corrected chi connectivity index (χ0v) is 11.6. The van der Waals surface area contributed by atoms with Gasteiger partial charge in [0.25, 0.3) is 0 Å². The van der Waals surface area contributed by atoms with Crippen molar-refractivity contribution in [3.63, 3.8) is 0 Å². The van der Waals surface area contributed by atoms with Gasteiger partial charge in [0.1, 0.15) is 11.6 Å². The van der Waals surface area contributed by atoms with Crippen LogP contribution in [0, 0.1) is 11.6 Å². The highest BCUT2D eigenvalue weighted by molar-refractivity contribution is 9.10. The van der Waals surface area contributed by atoms with Crippen LogP contribution in [0.5, 0.6) is 5.75 Å². The quantitative estimate of drug-likeness (QED) is 0.835. The maximum absolute atomic E-state index is 13.4. The Morgan fingerprint density at radius 3 is 2.58 bits per heavy atom. The summed E-state index contributed by atoms with van der Waals surface area (Å²) in [4.78, 5) is 0. The summed E-state index contributed by atoms with van der Waals surface area (Å²) in [5.41, 5.74) is 6.12. The highest BCUT2D eigenvalue weighted by Crippen LogP contribution is 2.33. The number of rotatable bonds is 3. The number of ether oxygens (including phenoxy) is 1. The molecule has 2 aromatic carbocycles. The Morgan fingerprint density at radius 1 is 1.16 bits per heavy atom. The molecule has 6 heteroatoms. The van der Waals surface area contributed by atoms with Crippen molar-refractivity contribution in [2.75, 3.05) is 18.2 Å². The van der Waals surface area contributed by atoms with E-state index in [1.54, 1.807) is 18.2 Å². The Bertz CT molecular complexity index is 620. The number of benzene rings is 2. The van der Waals surface area contributed by atoms with Crippen LogP contribution >= 0.6 is 15.9 Å². The van der Waals surface area contributed by atoms with Crippen LogP contribution in [-0.2, 0) is 0 Å². The minimum atomic E-state index is -0.809. The van der Waals surface area contributed by atoms with Crippen LogP contribution in [0.3, 0.4) is 0 Å². The van der Waals surface area contributed by atoms with Crippen molar-refractivity contribution >= 4 is 33.0 Å². The molecular formula is C13H11BrF2N2O. The summed E-state index contributed by atoms with van der Waals surface area (Å²) >= 11 is 3.31. The number of methoxy groups -OCH3 is 1. The molecule has 0 unspecified atom stereocenters. The highest BCUT2D eigenvalue weighted by Gasteiger charge is 2.11. The lowest BCUT2D eigenvalue weighted by Crippen LogP contribution is -2.01. The third kappa shape index (κ3) is 2.96. The van der Waals surface area contributed by atoms with Crippen molar-refractivity contribution in [1.29, 1.82) is 0 Å². The second kappa shape index (κ2) is 5.44. The van der Waals surface area contributed by atoms with Gasteiger partial charge in [-0.15, -0.1) is 0 Å². The molecule has 3 nitrogen and oxygen atoms in total. The van der Waals surface area contributed by atoms with E-state index in [0.29, 0.717) is 11.4 Å². The molecular weight excluding hydrogens is 318 g/mol. The zero-order chi connectivity index (χ0) is 14.0. The van der Waals surface area contributed by atoms with Gasteiger partial charge < -0.3 is 15.8 Å². The summed E-state index contributed by atoms with van der Waals surface area (Å²) in [6.45, 7) is 0. The van der Waals surface area contributed by atoms with E-state index in [0.717, 1.165) is 16.6 Å². The monoisotopic (exact) mass is 328 g/mol. The minimum absolute atomic E-state index is 0.147. The van der Waals surface area contributed by atoms with E-state index in [4.69, 9.17) is 10.5 Å². The Hall–Kier alpha value is -1.82. The fraction of sp³-hybridized carbons (Fsp3) is 0.0769. The smallest absolute Gasteiger partial charge is 0.151 e. The van der Waals surface area contributed by atoms with Gasteiger partial charge in [0.05, 0.1) is 24.2 Å². The van der Waals surface area contributed by atoms with Crippen molar-refractivity contribution in [1.82, 2.24) is 0 Å². The molecule has 0 saturated heterocycles.